The van der Waals surface area contributed by atoms with Crippen molar-refractivity contribution in [2.75, 3.05) is 39.3 Å². The maximum atomic E-state index is 11.1. The third kappa shape index (κ3) is 6.04. The van der Waals surface area contributed by atoms with Crippen molar-refractivity contribution in [3.8, 4) is 5.75 Å². The van der Waals surface area contributed by atoms with Gasteiger partial charge >= 0.3 is 6.03 Å². The Morgan fingerprint density at radius 3 is 2.50 bits per heavy atom. The summed E-state index contributed by atoms with van der Waals surface area (Å²) < 4.78 is 5.83. The van der Waals surface area contributed by atoms with E-state index >= 15 is 0 Å². The van der Waals surface area contributed by atoms with Crippen LogP contribution in [-0.4, -0.2) is 55.2 Å². The average molecular weight is 332 g/mol. The van der Waals surface area contributed by atoms with Crippen LogP contribution >= 0.6 is 0 Å². The summed E-state index contributed by atoms with van der Waals surface area (Å²) in [7, 11) is 0. The van der Waals surface area contributed by atoms with Crippen LogP contribution < -0.4 is 10.5 Å². The van der Waals surface area contributed by atoms with E-state index in [0.717, 1.165) is 32.0 Å². The fourth-order valence-corrected chi connectivity index (χ4v) is 2.90. The molecular weight excluding hydrogens is 302 g/mol. The van der Waals surface area contributed by atoms with Crippen molar-refractivity contribution in [3.63, 3.8) is 0 Å². The maximum absolute atomic E-state index is 11.1. The number of ether oxygens (including phenoxy) is 1. The Bertz CT molecular complexity index is 496. The molecule has 2 amide bonds. The maximum Gasteiger partial charge on any atom is 0.314 e. The molecule has 1 heterocycles. The van der Waals surface area contributed by atoms with Gasteiger partial charge in [-0.3, -0.25) is 4.90 Å². The highest BCUT2D eigenvalue weighted by Gasteiger charge is 2.18. The first-order valence-electron chi connectivity index (χ1n) is 8.91. The molecule has 24 heavy (non-hydrogen) atoms. The van der Waals surface area contributed by atoms with E-state index < -0.39 is 0 Å². The summed E-state index contributed by atoms with van der Waals surface area (Å²) in [4.78, 5) is 15.1. The third-order valence-electron chi connectivity index (χ3n) is 4.47. The molecular formula is C19H30N3O2. The van der Waals surface area contributed by atoms with Gasteiger partial charge in [-0.2, -0.15) is 0 Å². The number of benzene rings is 1. The fraction of sp³-hybridized carbons (Fsp3) is 0.579. The molecule has 0 aromatic heterocycles. The number of rotatable bonds is 8. The fourth-order valence-electron chi connectivity index (χ4n) is 2.90. The van der Waals surface area contributed by atoms with Crippen molar-refractivity contribution >= 4 is 6.03 Å². The summed E-state index contributed by atoms with van der Waals surface area (Å²) in [5.74, 6) is 1.53. The summed E-state index contributed by atoms with van der Waals surface area (Å²) in [6.07, 6.45) is 4.62. The molecule has 0 aliphatic carbocycles. The molecule has 5 heteroatoms. The number of primary amides is 1. The van der Waals surface area contributed by atoms with Gasteiger partial charge in [0.05, 0.1) is 6.61 Å². The summed E-state index contributed by atoms with van der Waals surface area (Å²) in [5, 5.41) is 0. The largest absolute Gasteiger partial charge is 0.493 e. The van der Waals surface area contributed by atoms with Crippen LogP contribution in [0.4, 0.5) is 4.79 Å². The Labute approximate surface area is 145 Å². The molecule has 1 aliphatic heterocycles. The number of nitrogens with two attached hydrogens (primary N) is 1. The number of hydrogen-bond donors (Lipinski definition) is 1. The van der Waals surface area contributed by atoms with E-state index in [2.05, 4.69) is 37.3 Å². The quantitative estimate of drug-likeness (QED) is 0.796. The molecule has 1 aromatic rings. The molecule has 1 fully saturated rings. The highest BCUT2D eigenvalue weighted by Crippen LogP contribution is 2.16. The number of urea groups is 1. The minimum Gasteiger partial charge on any atom is -0.493 e. The average Bonchev–Trinajstić information content (AvgIpc) is 2.59. The summed E-state index contributed by atoms with van der Waals surface area (Å²) in [5.41, 5.74) is 6.50. The first kappa shape index (κ1) is 18.6. The van der Waals surface area contributed by atoms with Gasteiger partial charge in [0.1, 0.15) is 5.75 Å². The molecule has 0 bridgehead atoms. The van der Waals surface area contributed by atoms with E-state index in [4.69, 9.17) is 10.5 Å². The molecule has 2 rings (SSSR count). The van der Waals surface area contributed by atoms with E-state index in [9.17, 15) is 4.79 Å². The molecule has 1 radical (unpaired) electrons. The van der Waals surface area contributed by atoms with Crippen molar-refractivity contribution in [2.45, 2.75) is 26.7 Å². The second kappa shape index (κ2) is 9.52. The van der Waals surface area contributed by atoms with Gasteiger partial charge in [-0.1, -0.05) is 32.4 Å². The van der Waals surface area contributed by atoms with Crippen LogP contribution in [0.2, 0.25) is 0 Å². The molecule has 0 saturated carbocycles. The normalized spacial score (nSPS) is 16.8. The minimum atomic E-state index is -0.317. The molecule has 133 valence electrons. The number of nitrogens with zero attached hydrogens (tertiary/aromatic N) is 2. The number of piperazine rings is 1. The molecule has 5 nitrogen and oxygen atoms in total. The molecule has 1 aromatic carbocycles. The van der Waals surface area contributed by atoms with Crippen LogP contribution in [-0.2, 0) is 0 Å². The number of hydrogen-bond acceptors (Lipinski definition) is 3. The lowest BCUT2D eigenvalue weighted by molar-refractivity contribution is 0.151. The van der Waals surface area contributed by atoms with Crippen LogP contribution in [0.15, 0.2) is 24.3 Å². The molecule has 0 spiro atoms. The Morgan fingerprint density at radius 1 is 1.25 bits per heavy atom. The number of carbonyl (C=O) groups is 1. The second-order valence-electron chi connectivity index (χ2n) is 6.60. The van der Waals surface area contributed by atoms with E-state index in [-0.39, 0.29) is 6.03 Å². The predicted molar refractivity (Wildman–Crippen MR) is 97.0 cm³/mol. The highest BCUT2D eigenvalue weighted by molar-refractivity contribution is 5.72. The van der Waals surface area contributed by atoms with Gasteiger partial charge in [0.2, 0.25) is 0 Å². The first-order chi connectivity index (χ1) is 11.6. The van der Waals surface area contributed by atoms with Crippen molar-refractivity contribution in [2.24, 2.45) is 11.7 Å². The lowest BCUT2D eigenvalue weighted by Crippen LogP contribution is -2.50. The molecule has 2 N–H and O–H groups in total. The van der Waals surface area contributed by atoms with Crippen LogP contribution in [0, 0.1) is 12.3 Å². The van der Waals surface area contributed by atoms with Gasteiger partial charge in [-0.25, -0.2) is 4.79 Å². The van der Waals surface area contributed by atoms with E-state index in [1.807, 2.05) is 12.1 Å². The van der Waals surface area contributed by atoms with Crippen molar-refractivity contribution in [3.05, 3.63) is 36.2 Å². The molecule has 1 saturated heterocycles. The summed E-state index contributed by atoms with van der Waals surface area (Å²) in [6.45, 7) is 9.27. The Kier molecular flexibility index (Phi) is 7.37. The van der Waals surface area contributed by atoms with Gasteiger partial charge in [0, 0.05) is 39.1 Å². The Balaban J connectivity index is 1.69. The lowest BCUT2D eigenvalue weighted by Gasteiger charge is -2.33. The standard InChI is InChI=1S/C19H30N3O2/c1-3-4-16(2)15-24-18-7-5-17(6-8-18)9-10-21-11-13-22(14-12-21)19(20)23/h5-9,16H,3-4,10-15H2,1-2H3,(H2,20,23)/t16-/m1/s1. The van der Waals surface area contributed by atoms with Gasteiger partial charge in [-0.15, -0.1) is 0 Å². The Hall–Kier alpha value is -1.75. The smallest absolute Gasteiger partial charge is 0.314 e. The van der Waals surface area contributed by atoms with E-state index in [1.54, 1.807) is 4.90 Å². The predicted octanol–water partition coefficient (Wildman–Crippen LogP) is 2.75. The topological polar surface area (TPSA) is 58.8 Å². The molecule has 1 atom stereocenters. The zero-order valence-corrected chi connectivity index (χ0v) is 14.9. The zero-order valence-electron chi connectivity index (χ0n) is 14.9. The van der Waals surface area contributed by atoms with Crippen molar-refractivity contribution in [1.82, 2.24) is 9.80 Å². The number of amides is 2. The van der Waals surface area contributed by atoms with E-state index in [0.29, 0.717) is 19.0 Å². The SMILES string of the molecule is CCC[C@@H](C)COc1ccc([CH]CN2CCN(C(N)=O)CC2)cc1. The highest BCUT2D eigenvalue weighted by atomic mass is 16.5. The zero-order chi connectivity index (χ0) is 17.4. The summed E-state index contributed by atoms with van der Waals surface area (Å²) >= 11 is 0. The van der Waals surface area contributed by atoms with Gasteiger partial charge < -0.3 is 15.4 Å². The minimum absolute atomic E-state index is 0.317. The van der Waals surface area contributed by atoms with Crippen molar-refractivity contribution < 1.29 is 9.53 Å². The Morgan fingerprint density at radius 2 is 1.92 bits per heavy atom. The van der Waals surface area contributed by atoms with E-state index in [1.165, 1.54) is 18.4 Å². The van der Waals surface area contributed by atoms with Gasteiger partial charge in [0.15, 0.2) is 0 Å². The third-order valence-corrected chi connectivity index (χ3v) is 4.47. The molecule has 0 unspecified atom stereocenters. The monoisotopic (exact) mass is 332 g/mol. The first-order valence-corrected chi connectivity index (χ1v) is 8.91. The number of carbonyl (C=O) groups excluding carboxylic acids is 1. The van der Waals surface area contributed by atoms with Gasteiger partial charge in [-0.05, 0) is 30.0 Å². The lowest BCUT2D eigenvalue weighted by atomic mass is 10.1. The van der Waals surface area contributed by atoms with Crippen LogP contribution in [0.1, 0.15) is 32.3 Å². The van der Waals surface area contributed by atoms with Gasteiger partial charge in [0.25, 0.3) is 0 Å². The summed E-state index contributed by atoms with van der Waals surface area (Å²) in [6, 6.07) is 7.95. The van der Waals surface area contributed by atoms with Crippen LogP contribution in [0.5, 0.6) is 5.75 Å². The molecule has 1 aliphatic rings. The van der Waals surface area contributed by atoms with Crippen molar-refractivity contribution in [1.29, 1.82) is 0 Å². The second-order valence-corrected chi connectivity index (χ2v) is 6.60. The van der Waals surface area contributed by atoms with Crippen LogP contribution in [0.3, 0.4) is 0 Å². The van der Waals surface area contributed by atoms with Crippen LogP contribution in [0.25, 0.3) is 0 Å².